The summed E-state index contributed by atoms with van der Waals surface area (Å²) in [5, 5.41) is 7.23. The van der Waals surface area contributed by atoms with Gasteiger partial charge in [0.1, 0.15) is 6.54 Å². The maximum absolute atomic E-state index is 12.3. The maximum Gasteiger partial charge on any atom is 0.246 e. The third kappa shape index (κ3) is 5.11. The lowest BCUT2D eigenvalue weighted by Gasteiger charge is -2.23. The van der Waals surface area contributed by atoms with Crippen molar-refractivity contribution in [1.29, 1.82) is 0 Å². The number of sulfonamides is 1. The van der Waals surface area contributed by atoms with Gasteiger partial charge in [0.2, 0.25) is 15.9 Å². The summed E-state index contributed by atoms with van der Waals surface area (Å²) in [7, 11) is -3.53. The summed E-state index contributed by atoms with van der Waals surface area (Å²) in [6, 6.07) is 15.4. The highest BCUT2D eigenvalue weighted by Crippen LogP contribution is 2.25. The lowest BCUT2D eigenvalue weighted by atomic mass is 10.2. The number of anilines is 2. The molecule has 0 saturated carbocycles. The molecule has 0 radical (unpaired) electrons. The molecule has 1 N–H and O–H groups in total. The van der Waals surface area contributed by atoms with Gasteiger partial charge in [0.15, 0.2) is 0 Å². The Morgan fingerprint density at radius 2 is 1.86 bits per heavy atom. The van der Waals surface area contributed by atoms with Crippen molar-refractivity contribution in [2.24, 2.45) is 0 Å². The number of aromatic nitrogens is 2. The number of halogens is 1. The molecule has 0 saturated heterocycles. The second kappa shape index (κ2) is 8.45. The van der Waals surface area contributed by atoms with Crippen molar-refractivity contribution in [2.75, 3.05) is 15.9 Å². The van der Waals surface area contributed by atoms with Gasteiger partial charge in [0.25, 0.3) is 0 Å². The monoisotopic (exact) mass is 418 g/mol. The van der Waals surface area contributed by atoms with Crippen LogP contribution in [0.25, 0.3) is 0 Å². The van der Waals surface area contributed by atoms with Crippen LogP contribution < -0.4 is 9.62 Å². The van der Waals surface area contributed by atoms with Crippen LogP contribution in [0, 0.1) is 0 Å². The van der Waals surface area contributed by atoms with Gasteiger partial charge in [-0.25, -0.2) is 8.42 Å². The average Bonchev–Trinajstić information content (AvgIpc) is 3.14. The number of benzene rings is 2. The van der Waals surface area contributed by atoms with Crippen molar-refractivity contribution in [3.63, 3.8) is 0 Å². The second-order valence-electron chi connectivity index (χ2n) is 6.16. The van der Waals surface area contributed by atoms with Crippen molar-refractivity contribution < 1.29 is 13.2 Å². The van der Waals surface area contributed by atoms with Crippen molar-refractivity contribution in [3.8, 4) is 0 Å². The van der Waals surface area contributed by atoms with Crippen molar-refractivity contribution >= 4 is 38.9 Å². The van der Waals surface area contributed by atoms with E-state index in [1.165, 1.54) is 8.99 Å². The van der Waals surface area contributed by atoms with Crippen LogP contribution in [-0.2, 0) is 27.9 Å². The zero-order valence-corrected chi connectivity index (χ0v) is 16.7. The summed E-state index contributed by atoms with van der Waals surface area (Å²) in [6.07, 6.45) is 4.44. The number of carbonyl (C=O) groups excluding carboxylic acids is 1. The first-order valence-electron chi connectivity index (χ1n) is 8.41. The third-order valence-corrected chi connectivity index (χ3v) is 5.49. The van der Waals surface area contributed by atoms with Crippen LogP contribution in [0.4, 0.5) is 11.4 Å². The Morgan fingerprint density at radius 1 is 1.14 bits per heavy atom. The molecule has 0 unspecified atom stereocenters. The molecule has 7 nitrogen and oxygen atoms in total. The van der Waals surface area contributed by atoms with E-state index in [0.29, 0.717) is 22.0 Å². The number of nitrogens with zero attached hydrogens (tertiary/aromatic N) is 3. The number of nitrogens with one attached hydrogen (secondary N) is 1. The minimum atomic E-state index is -3.53. The largest absolute Gasteiger partial charge is 0.324 e. The van der Waals surface area contributed by atoms with Gasteiger partial charge in [0, 0.05) is 23.1 Å². The van der Waals surface area contributed by atoms with Crippen LogP contribution in [0.1, 0.15) is 5.56 Å². The standard InChI is InChI=1S/C19H19ClN4O3S/c1-28(26,27)24(13-15-5-2-3-6-18(15)20)17-9-7-16(8-10-17)22-19(25)14-23-12-4-11-21-23/h2-12H,13-14H2,1H3,(H,22,25). The molecular weight excluding hydrogens is 400 g/mol. The van der Waals surface area contributed by atoms with Gasteiger partial charge in [-0.15, -0.1) is 0 Å². The predicted octanol–water partition coefficient (Wildman–Crippen LogP) is 3.14. The lowest BCUT2D eigenvalue weighted by molar-refractivity contribution is -0.116. The molecule has 1 aromatic heterocycles. The first-order chi connectivity index (χ1) is 13.3. The first kappa shape index (κ1) is 19.9. The highest BCUT2D eigenvalue weighted by atomic mass is 35.5. The molecule has 0 bridgehead atoms. The Bertz CT molecular complexity index is 1050. The lowest BCUT2D eigenvalue weighted by Crippen LogP contribution is -2.29. The van der Waals surface area contributed by atoms with E-state index in [9.17, 15) is 13.2 Å². The Balaban J connectivity index is 1.75. The molecule has 0 spiro atoms. The first-order valence-corrected chi connectivity index (χ1v) is 10.6. The normalized spacial score (nSPS) is 11.2. The van der Waals surface area contributed by atoms with Crippen LogP contribution in [0.15, 0.2) is 67.0 Å². The SMILES string of the molecule is CS(=O)(=O)N(Cc1ccccc1Cl)c1ccc(NC(=O)Cn2cccn2)cc1. The highest BCUT2D eigenvalue weighted by molar-refractivity contribution is 7.92. The Labute approximate surface area is 168 Å². The molecule has 0 aliphatic heterocycles. The quantitative estimate of drug-likeness (QED) is 0.638. The molecule has 3 aromatic rings. The molecule has 1 amide bonds. The zero-order chi connectivity index (χ0) is 20.1. The van der Waals surface area contributed by atoms with Gasteiger partial charge in [0.05, 0.1) is 18.5 Å². The number of amides is 1. The van der Waals surface area contributed by atoms with Crippen LogP contribution in [0.5, 0.6) is 0 Å². The average molecular weight is 419 g/mol. The molecule has 3 rings (SSSR count). The molecule has 0 aliphatic carbocycles. The van der Waals surface area contributed by atoms with Crippen LogP contribution in [0.2, 0.25) is 5.02 Å². The predicted molar refractivity (Wildman–Crippen MR) is 110 cm³/mol. The number of hydrogen-bond acceptors (Lipinski definition) is 4. The van der Waals surface area contributed by atoms with Gasteiger partial charge in [-0.05, 0) is 42.0 Å². The fraction of sp³-hybridized carbons (Fsp3) is 0.158. The molecule has 2 aromatic carbocycles. The molecule has 1 heterocycles. The highest BCUT2D eigenvalue weighted by Gasteiger charge is 2.19. The van der Waals surface area contributed by atoms with Crippen LogP contribution in [0.3, 0.4) is 0 Å². The number of carbonyl (C=O) groups is 1. The second-order valence-corrected chi connectivity index (χ2v) is 8.47. The molecule has 9 heteroatoms. The molecule has 0 fully saturated rings. The Morgan fingerprint density at radius 3 is 2.46 bits per heavy atom. The van der Waals surface area contributed by atoms with Crippen LogP contribution >= 0.6 is 11.6 Å². The van der Waals surface area contributed by atoms with E-state index >= 15 is 0 Å². The summed E-state index contributed by atoms with van der Waals surface area (Å²) in [4.78, 5) is 12.0. The van der Waals surface area contributed by atoms with Gasteiger partial charge < -0.3 is 5.32 Å². The smallest absolute Gasteiger partial charge is 0.246 e. The summed E-state index contributed by atoms with van der Waals surface area (Å²) in [5.41, 5.74) is 1.74. The van der Waals surface area contributed by atoms with Crippen LogP contribution in [-0.4, -0.2) is 30.4 Å². The molecule has 0 aliphatic rings. The summed E-state index contributed by atoms with van der Waals surface area (Å²) < 4.78 is 27.4. The van der Waals surface area contributed by atoms with Gasteiger partial charge in [-0.1, -0.05) is 29.8 Å². The van der Waals surface area contributed by atoms with Crippen molar-refractivity contribution in [2.45, 2.75) is 13.1 Å². The summed E-state index contributed by atoms with van der Waals surface area (Å²) in [6.45, 7) is 0.209. The Kier molecular flexibility index (Phi) is 6.01. The minimum Gasteiger partial charge on any atom is -0.324 e. The van der Waals surface area contributed by atoms with E-state index in [4.69, 9.17) is 11.6 Å². The van der Waals surface area contributed by atoms with Crippen molar-refractivity contribution in [1.82, 2.24) is 9.78 Å². The van der Waals surface area contributed by atoms with Crippen molar-refractivity contribution in [3.05, 3.63) is 77.6 Å². The summed E-state index contributed by atoms with van der Waals surface area (Å²) in [5.74, 6) is -0.229. The number of rotatable bonds is 7. The zero-order valence-electron chi connectivity index (χ0n) is 15.1. The number of hydrogen-bond donors (Lipinski definition) is 1. The molecule has 0 atom stereocenters. The third-order valence-electron chi connectivity index (χ3n) is 3.98. The van der Waals surface area contributed by atoms with Gasteiger partial charge in [-0.3, -0.25) is 13.8 Å². The maximum atomic E-state index is 12.3. The molecule has 28 heavy (non-hydrogen) atoms. The van der Waals surface area contributed by atoms with Gasteiger partial charge in [-0.2, -0.15) is 5.10 Å². The summed E-state index contributed by atoms with van der Waals surface area (Å²) >= 11 is 6.17. The van der Waals surface area contributed by atoms with Gasteiger partial charge >= 0.3 is 0 Å². The molecular formula is C19H19ClN4O3S. The topological polar surface area (TPSA) is 84.3 Å². The fourth-order valence-electron chi connectivity index (χ4n) is 2.63. The fourth-order valence-corrected chi connectivity index (χ4v) is 3.71. The Hall–Kier alpha value is -2.84. The minimum absolute atomic E-state index is 0.0940. The van der Waals surface area contributed by atoms with E-state index in [0.717, 1.165) is 6.26 Å². The van der Waals surface area contributed by atoms with E-state index < -0.39 is 10.0 Å². The van der Waals surface area contributed by atoms with E-state index in [-0.39, 0.29) is 19.0 Å². The van der Waals surface area contributed by atoms with E-state index in [2.05, 4.69) is 10.4 Å². The molecule has 146 valence electrons. The van der Waals surface area contributed by atoms with E-state index in [1.807, 2.05) is 0 Å². The van der Waals surface area contributed by atoms with E-state index in [1.54, 1.807) is 67.0 Å².